The minimum absolute atomic E-state index is 0.0281. The molecule has 1 aromatic carbocycles. The van der Waals surface area contributed by atoms with E-state index in [0.717, 1.165) is 11.1 Å². The number of carbonyl (C=O) groups excluding carboxylic acids is 2. The number of hydrogen-bond donors (Lipinski definition) is 1. The Balaban J connectivity index is 1.38. The Morgan fingerprint density at radius 1 is 1.27 bits per heavy atom. The Labute approximate surface area is 150 Å². The summed E-state index contributed by atoms with van der Waals surface area (Å²) in [5.41, 5.74) is 1.97. The number of pyridine rings is 1. The Hall–Kier alpha value is -3.09. The molecule has 0 bridgehead atoms. The second-order valence-corrected chi connectivity index (χ2v) is 6.57. The Morgan fingerprint density at radius 2 is 2.12 bits per heavy atom. The second-order valence-electron chi connectivity index (χ2n) is 6.57. The van der Waals surface area contributed by atoms with Gasteiger partial charge in [0.2, 0.25) is 18.6 Å². The summed E-state index contributed by atoms with van der Waals surface area (Å²) >= 11 is 0. The molecule has 4 rings (SSSR count). The lowest BCUT2D eigenvalue weighted by Crippen LogP contribution is -2.28. The molecular formula is C19H19N3O4. The van der Waals surface area contributed by atoms with Gasteiger partial charge in [0.05, 0.1) is 5.92 Å². The summed E-state index contributed by atoms with van der Waals surface area (Å²) in [6, 6.07) is 9.26. The first-order valence-electron chi connectivity index (χ1n) is 8.48. The van der Waals surface area contributed by atoms with E-state index in [1.165, 1.54) is 0 Å². The Morgan fingerprint density at radius 3 is 2.92 bits per heavy atom. The Kier molecular flexibility index (Phi) is 4.20. The fourth-order valence-electron chi connectivity index (χ4n) is 3.13. The fourth-order valence-corrected chi connectivity index (χ4v) is 3.13. The second kappa shape index (κ2) is 6.67. The summed E-state index contributed by atoms with van der Waals surface area (Å²) in [7, 11) is 0. The van der Waals surface area contributed by atoms with E-state index in [-0.39, 0.29) is 30.9 Å². The number of rotatable bonds is 4. The first kappa shape index (κ1) is 16.4. The van der Waals surface area contributed by atoms with E-state index in [0.29, 0.717) is 30.4 Å². The number of anilines is 1. The minimum Gasteiger partial charge on any atom is -0.454 e. The van der Waals surface area contributed by atoms with E-state index in [1.807, 2.05) is 31.2 Å². The highest BCUT2D eigenvalue weighted by molar-refractivity contribution is 5.96. The topological polar surface area (TPSA) is 80.8 Å². The molecule has 3 heterocycles. The highest BCUT2D eigenvalue weighted by atomic mass is 16.7. The van der Waals surface area contributed by atoms with Gasteiger partial charge in [0.1, 0.15) is 5.82 Å². The Bertz CT molecular complexity index is 850. The van der Waals surface area contributed by atoms with Gasteiger partial charge in [-0.1, -0.05) is 12.1 Å². The smallest absolute Gasteiger partial charge is 0.231 e. The number of nitrogens with one attached hydrogen (secondary N) is 1. The van der Waals surface area contributed by atoms with Crippen molar-refractivity contribution in [2.24, 2.45) is 5.92 Å². The highest BCUT2D eigenvalue weighted by Crippen LogP contribution is 2.33. The van der Waals surface area contributed by atoms with Gasteiger partial charge in [-0.15, -0.1) is 0 Å². The van der Waals surface area contributed by atoms with Crippen LogP contribution in [0.15, 0.2) is 36.5 Å². The third-order valence-electron chi connectivity index (χ3n) is 4.56. The summed E-state index contributed by atoms with van der Waals surface area (Å²) in [5.74, 6) is 1.32. The van der Waals surface area contributed by atoms with Gasteiger partial charge >= 0.3 is 0 Å². The third-order valence-corrected chi connectivity index (χ3v) is 4.56. The van der Waals surface area contributed by atoms with Crippen LogP contribution in [0.3, 0.4) is 0 Å². The third kappa shape index (κ3) is 3.33. The molecule has 2 aliphatic heterocycles. The van der Waals surface area contributed by atoms with Crippen LogP contribution in [0.5, 0.6) is 11.5 Å². The maximum atomic E-state index is 12.4. The molecule has 1 atom stereocenters. The van der Waals surface area contributed by atoms with Crippen molar-refractivity contribution >= 4 is 17.6 Å². The molecule has 134 valence electrons. The molecule has 7 heteroatoms. The number of aromatic nitrogens is 1. The molecule has 1 saturated heterocycles. The lowest BCUT2D eigenvalue weighted by atomic mass is 10.1. The number of amides is 2. The lowest BCUT2D eigenvalue weighted by molar-refractivity contribution is -0.128. The standard InChI is InChI=1S/C19H19N3O4/c1-12-2-5-17(20-8-12)21-19(24)14-7-18(23)22(10-14)9-13-3-4-15-16(6-13)26-11-25-15/h2-6,8,14H,7,9-11H2,1H3,(H,20,21,24). The zero-order valence-corrected chi connectivity index (χ0v) is 14.4. The zero-order valence-electron chi connectivity index (χ0n) is 14.4. The maximum absolute atomic E-state index is 12.4. The van der Waals surface area contributed by atoms with Gasteiger partial charge in [0, 0.05) is 25.7 Å². The molecule has 26 heavy (non-hydrogen) atoms. The van der Waals surface area contributed by atoms with Gasteiger partial charge in [0.25, 0.3) is 0 Å². The first-order chi connectivity index (χ1) is 12.6. The molecule has 0 saturated carbocycles. The number of fused-ring (bicyclic) bond motifs is 1. The average Bonchev–Trinajstić information content (AvgIpc) is 3.23. The number of hydrogen-bond acceptors (Lipinski definition) is 5. The number of aryl methyl sites for hydroxylation is 1. The normalized spacial score (nSPS) is 18.3. The van der Waals surface area contributed by atoms with E-state index in [2.05, 4.69) is 10.3 Å². The number of ether oxygens (including phenoxy) is 2. The summed E-state index contributed by atoms with van der Waals surface area (Å²) in [5, 5.41) is 2.78. The molecule has 1 N–H and O–H groups in total. The zero-order chi connectivity index (χ0) is 18.1. The number of benzene rings is 1. The van der Waals surface area contributed by atoms with Crippen LogP contribution in [-0.4, -0.2) is 35.0 Å². The largest absolute Gasteiger partial charge is 0.454 e. The van der Waals surface area contributed by atoms with E-state index in [9.17, 15) is 9.59 Å². The van der Waals surface area contributed by atoms with Crippen molar-refractivity contribution in [3.63, 3.8) is 0 Å². The molecular weight excluding hydrogens is 334 g/mol. The van der Waals surface area contributed by atoms with E-state index >= 15 is 0 Å². The molecule has 1 aromatic heterocycles. The van der Waals surface area contributed by atoms with Gasteiger partial charge in [-0.25, -0.2) is 4.98 Å². The van der Waals surface area contributed by atoms with Crippen molar-refractivity contribution in [2.75, 3.05) is 18.7 Å². The summed E-state index contributed by atoms with van der Waals surface area (Å²) in [6.45, 7) is 2.99. The summed E-state index contributed by atoms with van der Waals surface area (Å²) in [4.78, 5) is 30.6. The monoisotopic (exact) mass is 353 g/mol. The molecule has 2 aromatic rings. The molecule has 1 fully saturated rings. The van der Waals surface area contributed by atoms with Crippen LogP contribution in [0.4, 0.5) is 5.82 Å². The van der Waals surface area contributed by atoms with Crippen LogP contribution >= 0.6 is 0 Å². The molecule has 2 amide bonds. The SMILES string of the molecule is Cc1ccc(NC(=O)C2CC(=O)N(Cc3ccc4c(c3)OCO4)C2)nc1. The minimum atomic E-state index is -0.375. The van der Waals surface area contributed by atoms with Crippen molar-refractivity contribution in [1.82, 2.24) is 9.88 Å². The van der Waals surface area contributed by atoms with E-state index < -0.39 is 0 Å². The number of carbonyl (C=O) groups is 2. The first-order valence-corrected chi connectivity index (χ1v) is 8.48. The van der Waals surface area contributed by atoms with Gasteiger partial charge < -0.3 is 19.7 Å². The molecule has 7 nitrogen and oxygen atoms in total. The molecule has 0 aliphatic carbocycles. The summed E-state index contributed by atoms with van der Waals surface area (Å²) < 4.78 is 10.7. The predicted molar refractivity (Wildman–Crippen MR) is 93.7 cm³/mol. The quantitative estimate of drug-likeness (QED) is 0.910. The van der Waals surface area contributed by atoms with Crippen molar-refractivity contribution in [3.05, 3.63) is 47.7 Å². The van der Waals surface area contributed by atoms with Crippen LogP contribution in [-0.2, 0) is 16.1 Å². The summed E-state index contributed by atoms with van der Waals surface area (Å²) in [6.07, 6.45) is 1.91. The van der Waals surface area contributed by atoms with Gasteiger partial charge in [-0.3, -0.25) is 9.59 Å². The van der Waals surface area contributed by atoms with Crippen LogP contribution in [0.25, 0.3) is 0 Å². The van der Waals surface area contributed by atoms with Crippen molar-refractivity contribution in [3.8, 4) is 11.5 Å². The lowest BCUT2D eigenvalue weighted by Gasteiger charge is -2.17. The van der Waals surface area contributed by atoms with Crippen molar-refractivity contribution < 1.29 is 19.1 Å². The van der Waals surface area contributed by atoms with Crippen LogP contribution in [0, 0.1) is 12.8 Å². The van der Waals surface area contributed by atoms with Crippen LogP contribution in [0.2, 0.25) is 0 Å². The fraction of sp³-hybridized carbons (Fsp3) is 0.316. The number of likely N-dealkylation sites (tertiary alicyclic amines) is 1. The van der Waals surface area contributed by atoms with Crippen LogP contribution < -0.4 is 14.8 Å². The van der Waals surface area contributed by atoms with Crippen LogP contribution in [0.1, 0.15) is 17.5 Å². The maximum Gasteiger partial charge on any atom is 0.231 e. The van der Waals surface area contributed by atoms with Gasteiger partial charge in [0.15, 0.2) is 11.5 Å². The van der Waals surface area contributed by atoms with Gasteiger partial charge in [-0.05, 0) is 36.2 Å². The average molecular weight is 353 g/mol. The van der Waals surface area contributed by atoms with Gasteiger partial charge in [-0.2, -0.15) is 0 Å². The van der Waals surface area contributed by atoms with E-state index in [4.69, 9.17) is 9.47 Å². The number of nitrogens with zero attached hydrogens (tertiary/aromatic N) is 2. The predicted octanol–water partition coefficient (Wildman–Crippen LogP) is 2.11. The molecule has 1 unspecified atom stereocenters. The van der Waals surface area contributed by atoms with Crippen molar-refractivity contribution in [1.29, 1.82) is 0 Å². The van der Waals surface area contributed by atoms with E-state index in [1.54, 1.807) is 17.2 Å². The molecule has 0 spiro atoms. The highest BCUT2D eigenvalue weighted by Gasteiger charge is 2.34. The molecule has 2 aliphatic rings. The van der Waals surface area contributed by atoms with Crippen molar-refractivity contribution in [2.45, 2.75) is 19.9 Å². The molecule has 0 radical (unpaired) electrons.